The largest absolute Gasteiger partial charge is 0.512 e. The van der Waals surface area contributed by atoms with Crippen molar-refractivity contribution in [1.29, 1.82) is 0 Å². The second kappa shape index (κ2) is 10.2. The number of esters is 1. The minimum absolute atomic E-state index is 0.0277. The molecule has 37 heavy (non-hydrogen) atoms. The molecule has 1 saturated carbocycles. The molecule has 1 atom stereocenters. The molecule has 196 valence electrons. The Hall–Kier alpha value is -3.33. The SMILES string of the molecule is CCc1cc(CC[C@@]2(C3CCCC3)CC(O)=C(Cc3nc4ncc(Cl)cn4n3)C(=O)O2)c(OC)cc1O. The van der Waals surface area contributed by atoms with Gasteiger partial charge in [-0.1, -0.05) is 31.4 Å². The molecule has 9 nitrogen and oxygen atoms in total. The van der Waals surface area contributed by atoms with E-state index in [2.05, 4.69) is 15.1 Å². The number of aliphatic hydroxyl groups is 1. The molecule has 10 heteroatoms. The number of rotatable bonds is 8. The lowest BCUT2D eigenvalue weighted by Crippen LogP contribution is -2.46. The van der Waals surface area contributed by atoms with Gasteiger partial charge in [0.05, 0.1) is 30.1 Å². The minimum atomic E-state index is -0.808. The van der Waals surface area contributed by atoms with Gasteiger partial charge in [-0.15, -0.1) is 5.10 Å². The molecule has 0 spiro atoms. The number of hydrogen-bond donors (Lipinski definition) is 2. The van der Waals surface area contributed by atoms with Crippen molar-refractivity contribution in [2.45, 2.75) is 70.3 Å². The van der Waals surface area contributed by atoms with Crippen molar-refractivity contribution in [2.75, 3.05) is 7.11 Å². The van der Waals surface area contributed by atoms with Crippen molar-refractivity contribution < 1.29 is 24.5 Å². The number of phenols is 1. The van der Waals surface area contributed by atoms with Crippen LogP contribution < -0.4 is 4.74 Å². The lowest BCUT2D eigenvalue weighted by Gasteiger charge is -2.42. The van der Waals surface area contributed by atoms with E-state index in [-0.39, 0.29) is 35.8 Å². The third-order valence-corrected chi connectivity index (χ3v) is 7.87. The third-order valence-electron chi connectivity index (χ3n) is 7.68. The van der Waals surface area contributed by atoms with Crippen molar-refractivity contribution in [3.05, 3.63) is 57.8 Å². The van der Waals surface area contributed by atoms with Crippen LogP contribution >= 0.6 is 11.6 Å². The van der Waals surface area contributed by atoms with E-state index >= 15 is 0 Å². The van der Waals surface area contributed by atoms with Crippen LogP contribution in [0.15, 0.2) is 35.9 Å². The predicted octanol–water partition coefficient (Wildman–Crippen LogP) is 4.92. The number of fused-ring (bicyclic) bond motifs is 1. The topological polar surface area (TPSA) is 119 Å². The summed E-state index contributed by atoms with van der Waals surface area (Å²) in [6, 6.07) is 3.60. The van der Waals surface area contributed by atoms with Crippen LogP contribution in [0, 0.1) is 5.92 Å². The van der Waals surface area contributed by atoms with E-state index in [0.717, 1.165) is 36.8 Å². The van der Waals surface area contributed by atoms with E-state index in [9.17, 15) is 15.0 Å². The highest BCUT2D eigenvalue weighted by Gasteiger charge is 2.48. The van der Waals surface area contributed by atoms with Gasteiger partial charge in [-0.2, -0.15) is 4.98 Å². The Morgan fingerprint density at radius 2 is 2.03 bits per heavy atom. The molecule has 1 fully saturated rings. The Kier molecular flexibility index (Phi) is 6.98. The van der Waals surface area contributed by atoms with Crippen LogP contribution in [0.25, 0.3) is 5.78 Å². The summed E-state index contributed by atoms with van der Waals surface area (Å²) in [5.41, 5.74) is 1.15. The number of aromatic hydroxyl groups is 1. The summed E-state index contributed by atoms with van der Waals surface area (Å²) in [5, 5.41) is 26.2. The Bertz CT molecular complexity index is 1360. The monoisotopic (exact) mass is 526 g/mol. The molecule has 0 unspecified atom stereocenters. The van der Waals surface area contributed by atoms with Gasteiger partial charge in [-0.3, -0.25) is 0 Å². The summed E-state index contributed by atoms with van der Waals surface area (Å²) in [7, 11) is 1.58. The first-order chi connectivity index (χ1) is 17.8. The van der Waals surface area contributed by atoms with Crippen LogP contribution in [0.2, 0.25) is 5.02 Å². The molecular formula is C27H31ClN4O5. The number of hydrogen-bond acceptors (Lipinski definition) is 8. The summed E-state index contributed by atoms with van der Waals surface area (Å²) in [5.74, 6) is 1.17. The van der Waals surface area contributed by atoms with Crippen LogP contribution in [0.3, 0.4) is 0 Å². The van der Waals surface area contributed by atoms with E-state index in [0.29, 0.717) is 41.6 Å². The minimum Gasteiger partial charge on any atom is -0.512 e. The zero-order valence-corrected chi connectivity index (χ0v) is 21.8. The average molecular weight is 527 g/mol. The standard InChI is InChI=1S/C27H31ClN4O5/c1-3-16-10-17(23(36-2)12-21(16)33)8-9-27(18-6-4-5-7-18)13-22(34)20(25(35)37-27)11-24-30-26-29-14-19(28)15-32(26)31-24/h10,12,14-15,18,33-34H,3-9,11,13H2,1-2H3/t27-/m0/s1. The highest BCUT2D eigenvalue weighted by Crippen LogP contribution is 2.46. The molecule has 0 saturated heterocycles. The molecule has 2 aromatic heterocycles. The number of nitrogens with zero attached hydrogens (tertiary/aromatic N) is 4. The summed E-state index contributed by atoms with van der Waals surface area (Å²) in [4.78, 5) is 21.8. The zero-order valence-electron chi connectivity index (χ0n) is 21.0. The molecule has 1 aliphatic carbocycles. The van der Waals surface area contributed by atoms with E-state index in [1.54, 1.807) is 19.4 Å². The van der Waals surface area contributed by atoms with Crippen LogP contribution in [-0.2, 0) is 28.8 Å². The number of carbonyl (C=O) groups excluding carboxylic acids is 1. The first-order valence-corrected chi connectivity index (χ1v) is 13.1. The number of cyclic esters (lactones) is 1. The van der Waals surface area contributed by atoms with Gasteiger partial charge in [0.25, 0.3) is 5.78 Å². The number of aromatic nitrogens is 4. The van der Waals surface area contributed by atoms with Crippen molar-refractivity contribution in [1.82, 2.24) is 19.6 Å². The summed E-state index contributed by atoms with van der Waals surface area (Å²) >= 11 is 5.98. The normalized spacial score (nSPS) is 20.6. The number of aliphatic hydroxyl groups excluding tert-OH is 1. The van der Waals surface area contributed by atoms with Gasteiger partial charge in [-0.25, -0.2) is 14.3 Å². The summed E-state index contributed by atoms with van der Waals surface area (Å²) in [6.07, 6.45) is 9.21. The molecule has 1 aromatic carbocycles. The Balaban J connectivity index is 1.42. The van der Waals surface area contributed by atoms with Gasteiger partial charge in [0.15, 0.2) is 5.82 Å². The summed E-state index contributed by atoms with van der Waals surface area (Å²) < 4.78 is 13.2. The number of benzene rings is 1. The van der Waals surface area contributed by atoms with Crippen molar-refractivity contribution in [3.8, 4) is 11.5 Å². The van der Waals surface area contributed by atoms with Gasteiger partial charge in [-0.05, 0) is 55.2 Å². The number of aryl methyl sites for hydroxylation is 2. The number of ether oxygens (including phenoxy) is 2. The fourth-order valence-electron chi connectivity index (χ4n) is 5.70. The predicted molar refractivity (Wildman–Crippen MR) is 137 cm³/mol. The van der Waals surface area contributed by atoms with Crippen molar-refractivity contribution in [2.24, 2.45) is 5.92 Å². The Labute approximate surface area is 220 Å². The van der Waals surface area contributed by atoms with Gasteiger partial charge >= 0.3 is 5.97 Å². The highest BCUT2D eigenvalue weighted by molar-refractivity contribution is 6.30. The molecule has 0 radical (unpaired) electrons. The average Bonchev–Trinajstić information content (AvgIpc) is 3.55. The van der Waals surface area contributed by atoms with E-state index in [4.69, 9.17) is 21.1 Å². The maximum atomic E-state index is 13.3. The first-order valence-electron chi connectivity index (χ1n) is 12.7. The fraction of sp³-hybridized carbons (Fsp3) is 0.481. The zero-order chi connectivity index (χ0) is 26.2. The quantitative estimate of drug-likeness (QED) is 0.397. The highest BCUT2D eigenvalue weighted by atomic mass is 35.5. The maximum absolute atomic E-state index is 13.3. The van der Waals surface area contributed by atoms with Gasteiger partial charge in [0, 0.05) is 18.9 Å². The van der Waals surface area contributed by atoms with Crippen LogP contribution in [0.5, 0.6) is 11.5 Å². The van der Waals surface area contributed by atoms with Crippen molar-refractivity contribution >= 4 is 23.3 Å². The van der Waals surface area contributed by atoms with Crippen LogP contribution in [0.4, 0.5) is 0 Å². The third kappa shape index (κ3) is 4.97. The number of methoxy groups -OCH3 is 1. The lowest BCUT2D eigenvalue weighted by molar-refractivity contribution is -0.167. The van der Waals surface area contributed by atoms with E-state index in [1.165, 1.54) is 10.7 Å². The second-order valence-electron chi connectivity index (χ2n) is 9.91. The Morgan fingerprint density at radius 1 is 1.24 bits per heavy atom. The number of halogens is 1. The lowest BCUT2D eigenvalue weighted by atomic mass is 9.76. The molecule has 3 aromatic rings. The van der Waals surface area contributed by atoms with Crippen LogP contribution in [0.1, 0.15) is 62.4 Å². The second-order valence-corrected chi connectivity index (χ2v) is 10.3. The molecular weight excluding hydrogens is 496 g/mol. The van der Waals surface area contributed by atoms with E-state index in [1.807, 2.05) is 13.0 Å². The fourth-order valence-corrected chi connectivity index (χ4v) is 5.84. The molecule has 2 N–H and O–H groups in total. The van der Waals surface area contributed by atoms with Crippen molar-refractivity contribution in [3.63, 3.8) is 0 Å². The van der Waals surface area contributed by atoms with Crippen LogP contribution in [-0.4, -0.2) is 48.5 Å². The van der Waals surface area contributed by atoms with Gasteiger partial charge < -0.3 is 19.7 Å². The molecule has 3 heterocycles. The van der Waals surface area contributed by atoms with E-state index < -0.39 is 11.6 Å². The van der Waals surface area contributed by atoms with Gasteiger partial charge in [0.2, 0.25) is 0 Å². The molecule has 0 amide bonds. The Morgan fingerprint density at radius 3 is 2.73 bits per heavy atom. The number of carbonyl (C=O) groups is 1. The molecule has 1 aliphatic heterocycles. The van der Waals surface area contributed by atoms with Gasteiger partial charge in [0.1, 0.15) is 22.9 Å². The smallest absolute Gasteiger partial charge is 0.338 e. The maximum Gasteiger partial charge on any atom is 0.338 e. The first kappa shape index (κ1) is 25.3. The summed E-state index contributed by atoms with van der Waals surface area (Å²) in [6.45, 7) is 1.99. The molecule has 5 rings (SSSR count). The molecule has 0 bridgehead atoms. The molecule has 2 aliphatic rings. The number of phenolic OH excluding ortho intramolecular Hbond substituents is 1.